The minimum Gasteiger partial charge on any atom is -0.468 e. The van der Waals surface area contributed by atoms with Gasteiger partial charge in [0.1, 0.15) is 0 Å². The molecule has 1 aromatic rings. The third-order valence-corrected chi connectivity index (χ3v) is 5.32. The third-order valence-electron chi connectivity index (χ3n) is 4.99. The lowest BCUT2D eigenvalue weighted by molar-refractivity contribution is -0.137. The first kappa shape index (κ1) is 18.3. The molecule has 1 aliphatic carbocycles. The average Bonchev–Trinajstić information content (AvgIpc) is 2.60. The van der Waals surface area contributed by atoms with Crippen LogP contribution in [0.5, 0.6) is 0 Å². The molecule has 3 rings (SSSR count). The lowest BCUT2D eigenvalue weighted by Crippen LogP contribution is -2.54. The summed E-state index contributed by atoms with van der Waals surface area (Å²) in [6, 6.07) is 6.81. The Labute approximate surface area is 152 Å². The molecule has 1 heterocycles. The normalized spacial score (nSPS) is 28.1. The first-order valence-electron chi connectivity index (χ1n) is 8.67. The van der Waals surface area contributed by atoms with Gasteiger partial charge in [-0.3, -0.25) is 4.79 Å². The molecule has 5 N–H and O–H groups in total. The van der Waals surface area contributed by atoms with E-state index in [1.165, 1.54) is 0 Å². The summed E-state index contributed by atoms with van der Waals surface area (Å²) >= 11 is 6.37. The SMILES string of the molecule is NCC(O)CCC(N)C1=NC2(c3ccccc3Cl)CCCC(O1)C2=O. The summed E-state index contributed by atoms with van der Waals surface area (Å²) < 4.78 is 5.80. The van der Waals surface area contributed by atoms with Crippen LogP contribution >= 0.6 is 11.6 Å². The van der Waals surface area contributed by atoms with Crippen LogP contribution in [-0.4, -0.2) is 41.6 Å². The third kappa shape index (κ3) is 3.44. The summed E-state index contributed by atoms with van der Waals surface area (Å²) in [5.74, 6) is 0.318. The molecule has 25 heavy (non-hydrogen) atoms. The molecule has 2 bridgehead atoms. The zero-order valence-corrected chi connectivity index (χ0v) is 14.8. The summed E-state index contributed by atoms with van der Waals surface area (Å²) in [5.41, 5.74) is 11.3. The predicted octanol–water partition coefficient (Wildman–Crippen LogP) is 1.51. The number of hydrogen-bond acceptors (Lipinski definition) is 6. The van der Waals surface area contributed by atoms with Crippen LogP contribution in [0, 0.1) is 0 Å². The van der Waals surface area contributed by atoms with Crippen molar-refractivity contribution in [3.63, 3.8) is 0 Å². The quantitative estimate of drug-likeness (QED) is 0.707. The molecule has 0 saturated heterocycles. The zero-order chi connectivity index (χ0) is 18.0. The van der Waals surface area contributed by atoms with Gasteiger partial charge in [-0.15, -0.1) is 0 Å². The Morgan fingerprint density at radius 2 is 2.16 bits per heavy atom. The van der Waals surface area contributed by atoms with Crippen LogP contribution in [0.4, 0.5) is 0 Å². The number of Topliss-reactive ketones (excluding diaryl/α,β-unsaturated/α-hetero) is 1. The summed E-state index contributed by atoms with van der Waals surface area (Å²) in [4.78, 5) is 17.6. The van der Waals surface area contributed by atoms with E-state index in [0.717, 1.165) is 6.42 Å². The number of ketones is 1. The first-order chi connectivity index (χ1) is 12.0. The number of carbonyl (C=O) groups is 1. The number of rotatable bonds is 6. The molecule has 0 spiro atoms. The fourth-order valence-corrected chi connectivity index (χ4v) is 3.85. The first-order valence-corrected chi connectivity index (χ1v) is 9.05. The Kier molecular flexibility index (Phi) is 5.43. The number of aliphatic hydroxyl groups excluding tert-OH is 1. The van der Waals surface area contributed by atoms with Crippen LogP contribution in [0.2, 0.25) is 5.02 Å². The van der Waals surface area contributed by atoms with Crippen molar-refractivity contribution in [2.45, 2.75) is 55.9 Å². The molecule has 4 unspecified atom stereocenters. The van der Waals surface area contributed by atoms with Crippen molar-refractivity contribution in [1.29, 1.82) is 0 Å². The van der Waals surface area contributed by atoms with E-state index in [1.54, 1.807) is 6.07 Å². The molecule has 4 atom stereocenters. The van der Waals surface area contributed by atoms with E-state index in [9.17, 15) is 9.90 Å². The van der Waals surface area contributed by atoms with Crippen molar-refractivity contribution in [2.75, 3.05) is 6.54 Å². The van der Waals surface area contributed by atoms with Crippen molar-refractivity contribution in [2.24, 2.45) is 16.5 Å². The second-order valence-corrected chi connectivity index (χ2v) is 7.13. The van der Waals surface area contributed by atoms with Gasteiger partial charge >= 0.3 is 0 Å². The molecule has 6 nitrogen and oxygen atoms in total. The standard InChI is InChI=1S/C18H24ClN3O3/c19-13-5-2-1-4-12(13)18-9-3-6-15(16(18)24)25-17(22-18)14(21)8-7-11(23)10-20/h1-2,4-5,11,14-15,23H,3,6-10,20-21H2. The molecule has 1 aliphatic heterocycles. The van der Waals surface area contributed by atoms with E-state index in [4.69, 9.17) is 27.8 Å². The van der Waals surface area contributed by atoms with Gasteiger partial charge in [-0.1, -0.05) is 29.8 Å². The van der Waals surface area contributed by atoms with Crippen LogP contribution in [0.15, 0.2) is 29.3 Å². The average molecular weight is 366 g/mol. The Hall–Kier alpha value is -1.47. The van der Waals surface area contributed by atoms with Gasteiger partial charge in [0, 0.05) is 17.1 Å². The fourth-order valence-electron chi connectivity index (χ4n) is 3.56. The lowest BCUT2D eigenvalue weighted by Gasteiger charge is -2.42. The molecule has 2 aliphatic rings. The van der Waals surface area contributed by atoms with E-state index in [0.29, 0.717) is 42.2 Å². The minimum absolute atomic E-state index is 0.0511. The van der Waals surface area contributed by atoms with Gasteiger partial charge in [0.2, 0.25) is 11.7 Å². The number of ether oxygens (including phenoxy) is 1. The summed E-state index contributed by atoms with van der Waals surface area (Å²) in [7, 11) is 0. The summed E-state index contributed by atoms with van der Waals surface area (Å²) in [5, 5.41) is 10.2. The van der Waals surface area contributed by atoms with E-state index >= 15 is 0 Å². The molecule has 0 aromatic heterocycles. The van der Waals surface area contributed by atoms with Gasteiger partial charge in [0.05, 0.1) is 12.1 Å². The van der Waals surface area contributed by atoms with Crippen molar-refractivity contribution >= 4 is 23.3 Å². The Balaban J connectivity index is 1.94. The largest absolute Gasteiger partial charge is 0.468 e. The highest BCUT2D eigenvalue weighted by Gasteiger charge is 2.52. The van der Waals surface area contributed by atoms with Crippen LogP contribution in [-0.2, 0) is 15.1 Å². The monoisotopic (exact) mass is 365 g/mol. The van der Waals surface area contributed by atoms with E-state index in [2.05, 4.69) is 4.99 Å². The molecule has 0 radical (unpaired) electrons. The molecule has 1 aromatic carbocycles. The summed E-state index contributed by atoms with van der Waals surface area (Å²) in [6.07, 6.45) is 1.88. The highest BCUT2D eigenvalue weighted by molar-refractivity contribution is 6.32. The maximum Gasteiger partial charge on any atom is 0.205 e. The van der Waals surface area contributed by atoms with Crippen molar-refractivity contribution in [3.05, 3.63) is 34.9 Å². The van der Waals surface area contributed by atoms with Gasteiger partial charge in [-0.25, -0.2) is 4.99 Å². The Bertz CT molecular complexity index is 681. The number of halogens is 1. The number of nitrogens with two attached hydrogens (primary N) is 2. The number of hydrogen-bond donors (Lipinski definition) is 3. The molecular weight excluding hydrogens is 342 g/mol. The highest BCUT2D eigenvalue weighted by Crippen LogP contribution is 2.44. The van der Waals surface area contributed by atoms with Gasteiger partial charge in [-0.05, 0) is 38.2 Å². The lowest BCUT2D eigenvalue weighted by atomic mass is 9.73. The second-order valence-electron chi connectivity index (χ2n) is 6.73. The van der Waals surface area contributed by atoms with Crippen LogP contribution < -0.4 is 11.5 Å². The van der Waals surface area contributed by atoms with Crippen LogP contribution in [0.25, 0.3) is 0 Å². The number of aliphatic imine (C=N–C) groups is 1. The van der Waals surface area contributed by atoms with E-state index < -0.39 is 23.8 Å². The molecule has 136 valence electrons. The Morgan fingerprint density at radius 1 is 1.40 bits per heavy atom. The summed E-state index contributed by atoms with van der Waals surface area (Å²) in [6.45, 7) is 0.185. The van der Waals surface area contributed by atoms with Gasteiger partial charge < -0.3 is 21.3 Å². The van der Waals surface area contributed by atoms with Gasteiger partial charge in [-0.2, -0.15) is 0 Å². The minimum atomic E-state index is -1.01. The maximum atomic E-state index is 13.0. The van der Waals surface area contributed by atoms with Gasteiger partial charge in [0.15, 0.2) is 11.6 Å². The predicted molar refractivity (Wildman–Crippen MR) is 96.6 cm³/mol. The van der Waals surface area contributed by atoms with Crippen molar-refractivity contribution in [1.82, 2.24) is 0 Å². The second kappa shape index (κ2) is 7.41. The number of aliphatic hydroxyl groups is 1. The highest BCUT2D eigenvalue weighted by atomic mass is 35.5. The molecular formula is C18H24ClN3O3. The van der Waals surface area contributed by atoms with Crippen molar-refractivity contribution < 1.29 is 14.6 Å². The molecule has 1 fully saturated rings. The van der Waals surface area contributed by atoms with Crippen LogP contribution in [0.3, 0.4) is 0 Å². The van der Waals surface area contributed by atoms with E-state index in [-0.39, 0.29) is 12.3 Å². The van der Waals surface area contributed by atoms with Crippen molar-refractivity contribution in [3.8, 4) is 0 Å². The molecule has 0 amide bonds. The van der Waals surface area contributed by atoms with Gasteiger partial charge in [0.25, 0.3) is 0 Å². The number of benzene rings is 1. The van der Waals surface area contributed by atoms with E-state index in [1.807, 2.05) is 18.2 Å². The maximum absolute atomic E-state index is 13.0. The molecule has 1 saturated carbocycles. The number of carbonyl (C=O) groups excluding carboxylic acids is 1. The van der Waals surface area contributed by atoms with Crippen LogP contribution in [0.1, 0.15) is 37.7 Å². The fraction of sp³-hybridized carbons (Fsp3) is 0.556. The smallest absolute Gasteiger partial charge is 0.205 e. The number of nitrogens with zero attached hydrogens (tertiary/aromatic N) is 1. The Morgan fingerprint density at radius 3 is 2.88 bits per heavy atom. The zero-order valence-electron chi connectivity index (χ0n) is 14.0. The molecule has 7 heteroatoms. The number of fused-ring (bicyclic) bond motifs is 2. The topological polar surface area (TPSA) is 111 Å².